The van der Waals surface area contributed by atoms with Gasteiger partial charge in [0.25, 0.3) is 11.8 Å². The average molecular weight is 474 g/mol. The van der Waals surface area contributed by atoms with Gasteiger partial charge in [-0.25, -0.2) is 0 Å². The van der Waals surface area contributed by atoms with Crippen LogP contribution in [0.2, 0.25) is 0 Å². The monoisotopic (exact) mass is 473 g/mol. The van der Waals surface area contributed by atoms with E-state index in [2.05, 4.69) is 31.4 Å². The minimum atomic E-state index is -0.478. The van der Waals surface area contributed by atoms with Crippen molar-refractivity contribution < 1.29 is 14.3 Å². The number of thiocarbonyl (C=S) groups is 1. The third-order valence-corrected chi connectivity index (χ3v) is 7.05. The second-order valence-corrected chi connectivity index (χ2v) is 11.0. The molecule has 4 N–H and O–H groups in total. The number of anilines is 1. The molecule has 1 atom stereocenters. The number of nitrogens with one attached hydrogen (secondary N) is 2. The Labute approximate surface area is 198 Å². The number of benzene rings is 1. The van der Waals surface area contributed by atoms with Gasteiger partial charge in [0.1, 0.15) is 10.8 Å². The molecule has 32 heavy (non-hydrogen) atoms. The molecule has 0 aliphatic heterocycles. The summed E-state index contributed by atoms with van der Waals surface area (Å²) in [6.07, 6.45) is 2.80. The summed E-state index contributed by atoms with van der Waals surface area (Å²) in [6.45, 7) is 10.6. The van der Waals surface area contributed by atoms with Gasteiger partial charge in [0.15, 0.2) is 5.11 Å². The molecule has 0 bridgehead atoms. The van der Waals surface area contributed by atoms with Gasteiger partial charge in [0.2, 0.25) is 0 Å². The van der Waals surface area contributed by atoms with E-state index in [4.69, 9.17) is 22.7 Å². The molecule has 1 heterocycles. The molecule has 1 aliphatic carbocycles. The number of hydrogen-bond acceptors (Lipinski definition) is 5. The minimum absolute atomic E-state index is 0.0567. The second kappa shape index (κ2) is 9.58. The summed E-state index contributed by atoms with van der Waals surface area (Å²) in [5.41, 5.74) is 7.86. The maximum absolute atomic E-state index is 12.6. The van der Waals surface area contributed by atoms with Crippen LogP contribution >= 0.6 is 23.6 Å². The molecule has 8 heteroatoms. The summed E-state index contributed by atoms with van der Waals surface area (Å²) < 4.78 is 5.60. The minimum Gasteiger partial charge on any atom is -0.491 e. The fourth-order valence-corrected chi connectivity index (χ4v) is 5.54. The Morgan fingerprint density at radius 1 is 1.22 bits per heavy atom. The summed E-state index contributed by atoms with van der Waals surface area (Å²) in [6, 6.07) is 6.85. The fraction of sp³-hybridized carbons (Fsp3) is 0.458. The van der Waals surface area contributed by atoms with Crippen LogP contribution in [0.5, 0.6) is 5.75 Å². The van der Waals surface area contributed by atoms with Gasteiger partial charge in [-0.15, -0.1) is 11.3 Å². The molecule has 0 spiro atoms. The highest BCUT2D eigenvalue weighted by molar-refractivity contribution is 7.80. The zero-order chi connectivity index (χ0) is 23.6. The lowest BCUT2D eigenvalue weighted by Gasteiger charge is -2.33. The lowest BCUT2D eigenvalue weighted by molar-refractivity contribution is 0.0975. The summed E-state index contributed by atoms with van der Waals surface area (Å²) in [5.74, 6) is 0.417. The Balaban J connectivity index is 1.71. The lowest BCUT2D eigenvalue weighted by Crippen LogP contribution is -2.34. The fourth-order valence-electron chi connectivity index (χ4n) is 3.94. The second-order valence-electron chi connectivity index (χ2n) is 9.48. The van der Waals surface area contributed by atoms with Gasteiger partial charge in [-0.3, -0.25) is 14.9 Å². The van der Waals surface area contributed by atoms with Crippen molar-refractivity contribution in [1.29, 1.82) is 0 Å². The average Bonchev–Trinajstić information content (AvgIpc) is 3.04. The van der Waals surface area contributed by atoms with Crippen molar-refractivity contribution in [1.82, 2.24) is 5.32 Å². The molecule has 0 fully saturated rings. The molecule has 0 saturated carbocycles. The highest BCUT2D eigenvalue weighted by Crippen LogP contribution is 2.44. The molecule has 0 radical (unpaired) electrons. The zero-order valence-electron chi connectivity index (χ0n) is 19.2. The van der Waals surface area contributed by atoms with E-state index in [9.17, 15) is 9.59 Å². The van der Waals surface area contributed by atoms with E-state index in [0.29, 0.717) is 27.8 Å². The van der Waals surface area contributed by atoms with E-state index in [0.717, 1.165) is 24.8 Å². The Morgan fingerprint density at radius 3 is 2.44 bits per heavy atom. The van der Waals surface area contributed by atoms with E-state index in [1.807, 2.05) is 13.8 Å². The van der Waals surface area contributed by atoms with Gasteiger partial charge in [0.05, 0.1) is 11.7 Å². The quantitative estimate of drug-likeness (QED) is 0.537. The van der Waals surface area contributed by atoms with Gasteiger partial charge in [-0.2, -0.15) is 0 Å². The normalized spacial score (nSPS) is 15.8. The van der Waals surface area contributed by atoms with E-state index in [1.54, 1.807) is 24.3 Å². The van der Waals surface area contributed by atoms with Gasteiger partial charge < -0.3 is 15.8 Å². The molecule has 2 aromatic rings. The molecule has 1 aromatic carbocycles. The first-order valence-corrected chi connectivity index (χ1v) is 12.0. The predicted octanol–water partition coefficient (Wildman–Crippen LogP) is 4.91. The first-order chi connectivity index (χ1) is 15.0. The molecular weight excluding hydrogens is 442 g/mol. The number of rotatable bonds is 5. The third kappa shape index (κ3) is 5.66. The molecule has 3 rings (SSSR count). The zero-order valence-corrected chi connectivity index (χ0v) is 20.8. The van der Waals surface area contributed by atoms with Crippen LogP contribution in [-0.2, 0) is 12.8 Å². The smallest absolute Gasteiger partial charge is 0.257 e. The van der Waals surface area contributed by atoms with Gasteiger partial charge >= 0.3 is 0 Å². The van der Waals surface area contributed by atoms with Crippen LogP contribution in [-0.4, -0.2) is 23.0 Å². The summed E-state index contributed by atoms with van der Waals surface area (Å²) in [4.78, 5) is 26.0. The van der Waals surface area contributed by atoms with Crippen LogP contribution in [0, 0.1) is 11.3 Å². The van der Waals surface area contributed by atoms with Crippen molar-refractivity contribution in [3.8, 4) is 5.75 Å². The number of hydrogen-bond donors (Lipinski definition) is 3. The maximum atomic E-state index is 12.6. The standard InChI is InChI=1S/C24H31N3O3S2/c1-13(2)30-16-9-6-14(7-10-16)21(29)26-23(31)27-22-19(20(25)28)17-11-8-15(24(3,4)5)12-18(17)32-22/h6-7,9-10,13,15H,8,11-12H2,1-5H3,(H2,25,28)(H2,26,27,29,31)/t15-/m0/s1. The Hall–Kier alpha value is -2.45. The van der Waals surface area contributed by atoms with Crippen LogP contribution in [0.15, 0.2) is 24.3 Å². The lowest BCUT2D eigenvalue weighted by atomic mass is 9.72. The number of ether oxygens (including phenoxy) is 1. The van der Waals surface area contributed by atoms with Crippen LogP contribution in [0.4, 0.5) is 5.00 Å². The van der Waals surface area contributed by atoms with Crippen LogP contribution < -0.4 is 21.1 Å². The molecule has 172 valence electrons. The van der Waals surface area contributed by atoms with Crippen LogP contribution in [0.1, 0.15) is 72.2 Å². The van der Waals surface area contributed by atoms with Crippen LogP contribution in [0.3, 0.4) is 0 Å². The van der Waals surface area contributed by atoms with Crippen LogP contribution in [0.25, 0.3) is 0 Å². The maximum Gasteiger partial charge on any atom is 0.257 e. The molecular formula is C24H31N3O3S2. The molecule has 1 aromatic heterocycles. The van der Waals surface area contributed by atoms with Crippen molar-refractivity contribution in [2.45, 2.75) is 60.0 Å². The first-order valence-electron chi connectivity index (χ1n) is 10.8. The van der Waals surface area contributed by atoms with Crippen molar-refractivity contribution in [3.63, 3.8) is 0 Å². The summed E-state index contributed by atoms with van der Waals surface area (Å²) in [7, 11) is 0. The third-order valence-electron chi connectivity index (χ3n) is 5.68. The predicted molar refractivity (Wildman–Crippen MR) is 134 cm³/mol. The Kier molecular flexibility index (Phi) is 7.25. The highest BCUT2D eigenvalue weighted by atomic mass is 32.1. The number of amides is 2. The number of thiophene rings is 1. The van der Waals surface area contributed by atoms with Crippen molar-refractivity contribution in [2.75, 3.05) is 5.32 Å². The highest BCUT2D eigenvalue weighted by Gasteiger charge is 2.33. The number of carbonyl (C=O) groups is 2. The van der Waals surface area contributed by atoms with Crippen molar-refractivity contribution >= 4 is 45.5 Å². The van der Waals surface area contributed by atoms with Gasteiger partial charge in [0, 0.05) is 10.4 Å². The first kappa shape index (κ1) is 24.2. The molecule has 0 unspecified atom stereocenters. The van der Waals surface area contributed by atoms with E-state index in [-0.39, 0.29) is 22.5 Å². The molecule has 1 aliphatic rings. The Morgan fingerprint density at radius 2 is 1.88 bits per heavy atom. The Bertz CT molecular complexity index is 1020. The molecule has 6 nitrogen and oxygen atoms in total. The van der Waals surface area contributed by atoms with Crippen molar-refractivity contribution in [3.05, 3.63) is 45.8 Å². The molecule has 0 saturated heterocycles. The van der Waals surface area contributed by atoms with Crippen molar-refractivity contribution in [2.24, 2.45) is 17.1 Å². The number of nitrogens with two attached hydrogens (primary N) is 1. The van der Waals surface area contributed by atoms with E-state index >= 15 is 0 Å². The number of primary amides is 1. The van der Waals surface area contributed by atoms with Gasteiger partial charge in [-0.1, -0.05) is 20.8 Å². The summed E-state index contributed by atoms with van der Waals surface area (Å²) in [5, 5.41) is 6.44. The topological polar surface area (TPSA) is 93.4 Å². The van der Waals surface area contributed by atoms with E-state index in [1.165, 1.54) is 16.2 Å². The van der Waals surface area contributed by atoms with Gasteiger partial charge in [-0.05, 0) is 86.5 Å². The molecule has 2 amide bonds. The summed E-state index contributed by atoms with van der Waals surface area (Å²) >= 11 is 6.85. The van der Waals surface area contributed by atoms with E-state index < -0.39 is 5.91 Å². The number of fused-ring (bicyclic) bond motifs is 1. The SMILES string of the molecule is CC(C)Oc1ccc(C(=O)NC(=S)Nc2sc3c(c2C(N)=O)CC[C@H](C(C)(C)C)C3)cc1. The number of carbonyl (C=O) groups excluding carboxylic acids is 2. The largest absolute Gasteiger partial charge is 0.491 e.